The normalized spacial score (nSPS) is 16.4. The van der Waals surface area contributed by atoms with Crippen LogP contribution < -0.4 is 5.32 Å². The standard InChI is InChI=1S/C18H21ClN2OS/c19-15-7-2-1-6-14(15)12-18(22)20-13-16(17-8-5-11-23-17)21-9-3-4-10-21/h1-2,5-8,11,16H,3-4,9-10,12-13H2,(H,20,22). The molecular formula is C18H21ClN2OS. The number of benzene rings is 1. The number of likely N-dealkylation sites (tertiary alicyclic amines) is 1. The lowest BCUT2D eigenvalue weighted by Gasteiger charge is -2.27. The Morgan fingerprint density at radius 2 is 2.00 bits per heavy atom. The fourth-order valence-electron chi connectivity index (χ4n) is 3.03. The van der Waals surface area contributed by atoms with Gasteiger partial charge in [0.25, 0.3) is 0 Å². The lowest BCUT2D eigenvalue weighted by Crippen LogP contribution is -2.37. The molecule has 1 aromatic carbocycles. The van der Waals surface area contributed by atoms with Gasteiger partial charge in [-0.2, -0.15) is 0 Å². The largest absolute Gasteiger partial charge is 0.354 e. The first-order chi connectivity index (χ1) is 11.2. The van der Waals surface area contributed by atoms with E-state index in [1.165, 1.54) is 17.7 Å². The zero-order valence-electron chi connectivity index (χ0n) is 13.0. The van der Waals surface area contributed by atoms with Crippen LogP contribution in [0, 0.1) is 0 Å². The van der Waals surface area contributed by atoms with E-state index in [9.17, 15) is 4.79 Å². The predicted octanol–water partition coefficient (Wildman–Crippen LogP) is 3.90. The first kappa shape index (κ1) is 16.5. The molecule has 1 aliphatic rings. The van der Waals surface area contributed by atoms with Gasteiger partial charge >= 0.3 is 0 Å². The highest BCUT2D eigenvalue weighted by molar-refractivity contribution is 7.10. The SMILES string of the molecule is O=C(Cc1ccccc1Cl)NCC(c1cccs1)N1CCCC1. The first-order valence-corrected chi connectivity index (χ1v) is 9.27. The first-order valence-electron chi connectivity index (χ1n) is 8.01. The van der Waals surface area contributed by atoms with E-state index in [2.05, 4.69) is 27.7 Å². The molecule has 2 heterocycles. The summed E-state index contributed by atoms with van der Waals surface area (Å²) < 4.78 is 0. The number of carbonyl (C=O) groups excluding carboxylic acids is 1. The number of rotatable bonds is 6. The molecular weight excluding hydrogens is 328 g/mol. The molecule has 122 valence electrons. The lowest BCUT2D eigenvalue weighted by molar-refractivity contribution is -0.120. The van der Waals surface area contributed by atoms with Crippen molar-refractivity contribution >= 4 is 28.8 Å². The van der Waals surface area contributed by atoms with Crippen LogP contribution in [0.25, 0.3) is 0 Å². The highest BCUT2D eigenvalue weighted by Gasteiger charge is 2.24. The maximum Gasteiger partial charge on any atom is 0.224 e. The molecule has 2 aromatic rings. The maximum atomic E-state index is 12.3. The maximum absolute atomic E-state index is 12.3. The average Bonchev–Trinajstić information content (AvgIpc) is 3.23. The summed E-state index contributed by atoms with van der Waals surface area (Å²) >= 11 is 7.89. The summed E-state index contributed by atoms with van der Waals surface area (Å²) in [5.74, 6) is 0.0267. The van der Waals surface area contributed by atoms with E-state index >= 15 is 0 Å². The van der Waals surface area contributed by atoms with Crippen LogP contribution in [0.4, 0.5) is 0 Å². The fourth-order valence-corrected chi connectivity index (χ4v) is 4.09. The third-order valence-electron chi connectivity index (χ3n) is 4.25. The predicted molar refractivity (Wildman–Crippen MR) is 96.0 cm³/mol. The van der Waals surface area contributed by atoms with Gasteiger partial charge in [-0.15, -0.1) is 11.3 Å². The van der Waals surface area contributed by atoms with Crippen molar-refractivity contribution < 1.29 is 4.79 Å². The van der Waals surface area contributed by atoms with E-state index < -0.39 is 0 Å². The summed E-state index contributed by atoms with van der Waals surface area (Å²) in [5.41, 5.74) is 0.875. The summed E-state index contributed by atoms with van der Waals surface area (Å²) in [4.78, 5) is 16.1. The molecule has 1 aromatic heterocycles. The van der Waals surface area contributed by atoms with Gasteiger partial charge in [0.1, 0.15) is 0 Å². The Balaban J connectivity index is 1.60. The van der Waals surface area contributed by atoms with Gasteiger partial charge in [-0.05, 0) is 49.0 Å². The van der Waals surface area contributed by atoms with Crippen molar-refractivity contribution in [3.05, 3.63) is 57.2 Å². The zero-order valence-corrected chi connectivity index (χ0v) is 14.6. The number of nitrogens with zero attached hydrogens (tertiary/aromatic N) is 1. The van der Waals surface area contributed by atoms with Crippen LogP contribution >= 0.6 is 22.9 Å². The van der Waals surface area contributed by atoms with Gasteiger partial charge in [-0.3, -0.25) is 9.69 Å². The molecule has 1 unspecified atom stereocenters. The molecule has 23 heavy (non-hydrogen) atoms. The van der Waals surface area contributed by atoms with Crippen molar-refractivity contribution in [3.63, 3.8) is 0 Å². The van der Waals surface area contributed by atoms with Gasteiger partial charge in [0, 0.05) is 16.4 Å². The topological polar surface area (TPSA) is 32.3 Å². The van der Waals surface area contributed by atoms with Crippen LogP contribution in [0.1, 0.15) is 29.3 Å². The van der Waals surface area contributed by atoms with E-state index in [1.807, 2.05) is 24.3 Å². The van der Waals surface area contributed by atoms with Gasteiger partial charge in [0.05, 0.1) is 12.5 Å². The second-order valence-electron chi connectivity index (χ2n) is 5.85. The Morgan fingerprint density at radius 3 is 2.70 bits per heavy atom. The van der Waals surface area contributed by atoms with Crippen molar-refractivity contribution in [2.75, 3.05) is 19.6 Å². The Labute approximate surface area is 146 Å². The van der Waals surface area contributed by atoms with Crippen molar-refractivity contribution in [1.82, 2.24) is 10.2 Å². The zero-order chi connectivity index (χ0) is 16.1. The molecule has 0 aliphatic carbocycles. The fraction of sp³-hybridized carbons (Fsp3) is 0.389. The quantitative estimate of drug-likeness (QED) is 0.858. The number of carbonyl (C=O) groups is 1. The van der Waals surface area contributed by atoms with E-state index in [-0.39, 0.29) is 11.9 Å². The molecule has 0 bridgehead atoms. The smallest absolute Gasteiger partial charge is 0.224 e. The molecule has 3 nitrogen and oxygen atoms in total. The van der Waals surface area contributed by atoms with Crippen molar-refractivity contribution in [3.8, 4) is 0 Å². The highest BCUT2D eigenvalue weighted by atomic mass is 35.5. The number of hydrogen-bond acceptors (Lipinski definition) is 3. The van der Waals surface area contributed by atoms with E-state index in [0.29, 0.717) is 18.0 Å². The van der Waals surface area contributed by atoms with Gasteiger partial charge in [0.15, 0.2) is 0 Å². The second-order valence-corrected chi connectivity index (χ2v) is 7.23. The summed E-state index contributed by atoms with van der Waals surface area (Å²) in [5, 5.41) is 5.84. The number of nitrogens with one attached hydrogen (secondary N) is 1. The van der Waals surface area contributed by atoms with Crippen LogP contribution in [-0.2, 0) is 11.2 Å². The molecule has 0 spiro atoms. The summed E-state index contributed by atoms with van der Waals surface area (Å²) in [6.07, 6.45) is 2.82. The minimum absolute atomic E-state index is 0.0267. The number of amides is 1. The molecule has 3 rings (SSSR count). The average molecular weight is 349 g/mol. The van der Waals surface area contributed by atoms with E-state index in [0.717, 1.165) is 18.7 Å². The summed E-state index contributed by atoms with van der Waals surface area (Å²) in [6, 6.07) is 12.0. The van der Waals surface area contributed by atoms with E-state index in [4.69, 9.17) is 11.6 Å². The number of halogens is 1. The third-order valence-corrected chi connectivity index (χ3v) is 5.60. The van der Waals surface area contributed by atoms with Crippen LogP contribution in [0.3, 0.4) is 0 Å². The van der Waals surface area contributed by atoms with Gasteiger partial charge in [-0.25, -0.2) is 0 Å². The van der Waals surface area contributed by atoms with Gasteiger partial charge in [-0.1, -0.05) is 35.9 Å². The monoisotopic (exact) mass is 348 g/mol. The lowest BCUT2D eigenvalue weighted by atomic mass is 10.1. The minimum atomic E-state index is 0.0267. The van der Waals surface area contributed by atoms with Crippen LogP contribution in [0.2, 0.25) is 5.02 Å². The minimum Gasteiger partial charge on any atom is -0.354 e. The van der Waals surface area contributed by atoms with Crippen molar-refractivity contribution in [1.29, 1.82) is 0 Å². The summed E-state index contributed by atoms with van der Waals surface area (Å²) in [6.45, 7) is 2.88. The molecule has 1 saturated heterocycles. The molecule has 0 saturated carbocycles. The summed E-state index contributed by atoms with van der Waals surface area (Å²) in [7, 11) is 0. The number of hydrogen-bond donors (Lipinski definition) is 1. The molecule has 1 aliphatic heterocycles. The van der Waals surface area contributed by atoms with Crippen LogP contribution in [-0.4, -0.2) is 30.4 Å². The molecule has 1 N–H and O–H groups in total. The molecule has 1 atom stereocenters. The second kappa shape index (κ2) is 7.95. The Kier molecular flexibility index (Phi) is 5.70. The molecule has 1 amide bonds. The Bertz CT molecular complexity index is 638. The van der Waals surface area contributed by atoms with Crippen molar-refractivity contribution in [2.24, 2.45) is 0 Å². The molecule has 5 heteroatoms. The van der Waals surface area contributed by atoms with Crippen LogP contribution in [0.5, 0.6) is 0 Å². The highest BCUT2D eigenvalue weighted by Crippen LogP contribution is 2.27. The van der Waals surface area contributed by atoms with Gasteiger partial charge in [0.2, 0.25) is 5.91 Å². The van der Waals surface area contributed by atoms with E-state index in [1.54, 1.807) is 11.3 Å². The molecule has 0 radical (unpaired) electrons. The van der Waals surface area contributed by atoms with Crippen LogP contribution in [0.15, 0.2) is 41.8 Å². The Hall–Kier alpha value is -1.36. The Morgan fingerprint density at radius 1 is 1.22 bits per heavy atom. The number of thiophene rings is 1. The third kappa shape index (κ3) is 4.34. The van der Waals surface area contributed by atoms with Gasteiger partial charge < -0.3 is 5.32 Å². The molecule has 1 fully saturated rings. The van der Waals surface area contributed by atoms with Crippen molar-refractivity contribution in [2.45, 2.75) is 25.3 Å².